The van der Waals surface area contributed by atoms with Crippen LogP contribution in [-0.4, -0.2) is 38.7 Å². The molecule has 6 heteroatoms. The van der Waals surface area contributed by atoms with Gasteiger partial charge in [-0.25, -0.2) is 4.68 Å². The van der Waals surface area contributed by atoms with Gasteiger partial charge in [-0.1, -0.05) is 42.2 Å². The molecule has 0 bridgehead atoms. The van der Waals surface area contributed by atoms with Gasteiger partial charge in [0.2, 0.25) is 0 Å². The zero-order chi connectivity index (χ0) is 16.9. The van der Waals surface area contributed by atoms with Gasteiger partial charge in [0.1, 0.15) is 0 Å². The Kier molecular flexibility index (Phi) is 5.25. The normalized spacial score (nSPS) is 21.2. The van der Waals surface area contributed by atoms with E-state index in [0.29, 0.717) is 5.69 Å². The largest absolute Gasteiger partial charge is 0.396 e. The third-order valence-corrected chi connectivity index (χ3v) is 4.73. The summed E-state index contributed by atoms with van der Waals surface area (Å²) in [5, 5.41) is 20.6. The van der Waals surface area contributed by atoms with E-state index < -0.39 is 0 Å². The highest BCUT2D eigenvalue weighted by atomic mass is 16.3. The minimum atomic E-state index is -0.223. The second-order valence-corrected chi connectivity index (χ2v) is 6.54. The number of nitrogens with one attached hydrogen (secondary N) is 1. The third kappa shape index (κ3) is 3.82. The van der Waals surface area contributed by atoms with Gasteiger partial charge < -0.3 is 10.4 Å². The number of carbonyl (C=O) groups excluding carboxylic acids is 1. The average Bonchev–Trinajstić information content (AvgIpc) is 2.97. The average molecular weight is 328 g/mol. The molecule has 2 aromatic rings. The lowest BCUT2D eigenvalue weighted by Crippen LogP contribution is -2.41. The first-order valence-corrected chi connectivity index (χ1v) is 8.58. The third-order valence-electron chi connectivity index (χ3n) is 4.73. The topological polar surface area (TPSA) is 80.0 Å². The van der Waals surface area contributed by atoms with Gasteiger partial charge in [-0.2, -0.15) is 0 Å². The highest BCUT2D eigenvalue weighted by Crippen LogP contribution is 2.23. The first kappa shape index (κ1) is 16.6. The highest BCUT2D eigenvalue weighted by molar-refractivity contribution is 5.92. The molecule has 1 fully saturated rings. The lowest BCUT2D eigenvalue weighted by atomic mass is 9.95. The van der Waals surface area contributed by atoms with E-state index in [1.807, 2.05) is 31.2 Å². The maximum Gasteiger partial charge on any atom is 0.273 e. The van der Waals surface area contributed by atoms with Crippen LogP contribution >= 0.6 is 0 Å². The maximum absolute atomic E-state index is 12.5. The summed E-state index contributed by atoms with van der Waals surface area (Å²) >= 11 is 0. The van der Waals surface area contributed by atoms with Crippen molar-refractivity contribution in [1.29, 1.82) is 0 Å². The van der Waals surface area contributed by atoms with Crippen molar-refractivity contribution in [2.45, 2.75) is 45.1 Å². The molecule has 0 saturated heterocycles. The van der Waals surface area contributed by atoms with Crippen molar-refractivity contribution in [2.24, 2.45) is 5.92 Å². The second-order valence-electron chi connectivity index (χ2n) is 6.54. The summed E-state index contributed by atoms with van der Waals surface area (Å²) in [4.78, 5) is 12.5. The van der Waals surface area contributed by atoms with Gasteiger partial charge in [0.15, 0.2) is 5.69 Å². The number of aliphatic hydroxyl groups is 1. The smallest absolute Gasteiger partial charge is 0.273 e. The number of aryl methyl sites for hydroxylation is 1. The maximum atomic E-state index is 12.5. The number of hydrogen-bond acceptors (Lipinski definition) is 4. The SMILES string of the molecule is Cc1ccc(-n2cc(C(=O)NC3CCCCCC3CO)nn2)cc1. The Balaban J connectivity index is 1.70. The standard InChI is InChI=1S/C18H24N4O2/c1-13-7-9-15(10-8-13)22-11-17(20-21-22)18(24)19-16-6-4-2-3-5-14(16)12-23/h7-11,14,16,23H,2-6,12H2,1H3,(H,19,24). The van der Waals surface area contributed by atoms with Crippen LogP contribution in [0.3, 0.4) is 0 Å². The second kappa shape index (κ2) is 7.57. The van der Waals surface area contributed by atoms with E-state index >= 15 is 0 Å². The number of nitrogens with zero attached hydrogens (tertiary/aromatic N) is 3. The number of amides is 1. The zero-order valence-corrected chi connectivity index (χ0v) is 14.0. The number of benzene rings is 1. The first-order valence-electron chi connectivity index (χ1n) is 8.58. The molecule has 1 saturated carbocycles. The predicted octanol–water partition coefficient (Wildman–Crippen LogP) is 2.25. The highest BCUT2D eigenvalue weighted by Gasteiger charge is 2.25. The van der Waals surface area contributed by atoms with E-state index in [1.54, 1.807) is 10.9 Å². The van der Waals surface area contributed by atoms with Crippen LogP contribution in [0.5, 0.6) is 0 Å². The van der Waals surface area contributed by atoms with Crippen LogP contribution in [0, 0.1) is 12.8 Å². The number of hydrogen-bond donors (Lipinski definition) is 2. The molecular formula is C18H24N4O2. The molecule has 128 valence electrons. The molecular weight excluding hydrogens is 304 g/mol. The van der Waals surface area contributed by atoms with Crippen molar-refractivity contribution < 1.29 is 9.90 Å². The summed E-state index contributed by atoms with van der Waals surface area (Å²) in [5.41, 5.74) is 2.34. The summed E-state index contributed by atoms with van der Waals surface area (Å²) < 4.78 is 1.60. The fraction of sp³-hybridized carbons (Fsp3) is 0.500. The molecule has 2 unspecified atom stereocenters. The van der Waals surface area contributed by atoms with Gasteiger partial charge >= 0.3 is 0 Å². The minimum Gasteiger partial charge on any atom is -0.396 e. The Morgan fingerprint density at radius 3 is 2.75 bits per heavy atom. The molecule has 3 rings (SSSR count). The van der Waals surface area contributed by atoms with Crippen molar-refractivity contribution >= 4 is 5.91 Å². The van der Waals surface area contributed by atoms with Crippen molar-refractivity contribution in [3.05, 3.63) is 41.7 Å². The van der Waals surface area contributed by atoms with E-state index in [9.17, 15) is 9.90 Å². The zero-order valence-electron chi connectivity index (χ0n) is 14.0. The Hall–Kier alpha value is -2.21. The molecule has 0 spiro atoms. The molecule has 1 heterocycles. The predicted molar refractivity (Wildman–Crippen MR) is 91.0 cm³/mol. The Morgan fingerprint density at radius 2 is 2.00 bits per heavy atom. The Labute approximate surface area is 141 Å². The van der Waals surface area contributed by atoms with Gasteiger partial charge in [-0.3, -0.25) is 4.79 Å². The van der Waals surface area contributed by atoms with Crippen molar-refractivity contribution in [2.75, 3.05) is 6.61 Å². The van der Waals surface area contributed by atoms with E-state index in [-0.39, 0.29) is 24.5 Å². The van der Waals surface area contributed by atoms with Crippen LogP contribution < -0.4 is 5.32 Å². The first-order chi connectivity index (χ1) is 11.7. The quantitative estimate of drug-likeness (QED) is 0.844. The van der Waals surface area contributed by atoms with Gasteiger partial charge in [0.05, 0.1) is 11.9 Å². The molecule has 1 amide bonds. The van der Waals surface area contributed by atoms with E-state index in [2.05, 4.69) is 15.6 Å². The van der Waals surface area contributed by atoms with Crippen LogP contribution in [0.2, 0.25) is 0 Å². The number of aliphatic hydroxyl groups excluding tert-OH is 1. The summed E-state index contributed by atoms with van der Waals surface area (Å²) in [6.07, 6.45) is 6.86. The molecule has 1 aliphatic rings. The van der Waals surface area contributed by atoms with Crippen LogP contribution in [0.4, 0.5) is 0 Å². The van der Waals surface area contributed by atoms with Crippen molar-refractivity contribution in [3.8, 4) is 5.69 Å². The molecule has 0 aliphatic heterocycles. The monoisotopic (exact) mass is 328 g/mol. The fourth-order valence-electron chi connectivity index (χ4n) is 3.23. The van der Waals surface area contributed by atoms with Crippen LogP contribution in [-0.2, 0) is 0 Å². The molecule has 1 aromatic carbocycles. The molecule has 2 N–H and O–H groups in total. The van der Waals surface area contributed by atoms with Crippen LogP contribution in [0.25, 0.3) is 5.69 Å². The summed E-state index contributed by atoms with van der Waals surface area (Å²) in [5.74, 6) is -0.0951. The molecule has 1 aromatic heterocycles. The lowest BCUT2D eigenvalue weighted by molar-refractivity contribution is 0.0894. The number of rotatable bonds is 4. The summed E-state index contributed by atoms with van der Waals surface area (Å²) in [6.45, 7) is 2.13. The number of aromatic nitrogens is 3. The molecule has 1 aliphatic carbocycles. The van der Waals surface area contributed by atoms with E-state index in [0.717, 1.165) is 37.8 Å². The summed E-state index contributed by atoms with van der Waals surface area (Å²) in [6, 6.07) is 7.88. The fourth-order valence-corrected chi connectivity index (χ4v) is 3.23. The lowest BCUT2D eigenvalue weighted by Gasteiger charge is -2.23. The summed E-state index contributed by atoms with van der Waals surface area (Å²) in [7, 11) is 0. The van der Waals surface area contributed by atoms with Crippen LogP contribution in [0.15, 0.2) is 30.5 Å². The molecule has 24 heavy (non-hydrogen) atoms. The Bertz CT molecular complexity index is 681. The number of carbonyl (C=O) groups is 1. The van der Waals surface area contributed by atoms with Crippen molar-refractivity contribution in [1.82, 2.24) is 20.3 Å². The van der Waals surface area contributed by atoms with Gasteiger partial charge in [-0.05, 0) is 31.9 Å². The molecule has 2 atom stereocenters. The van der Waals surface area contributed by atoms with E-state index in [1.165, 1.54) is 5.56 Å². The Morgan fingerprint density at radius 1 is 1.25 bits per heavy atom. The van der Waals surface area contributed by atoms with Gasteiger partial charge in [0.25, 0.3) is 5.91 Å². The van der Waals surface area contributed by atoms with Crippen LogP contribution in [0.1, 0.15) is 48.2 Å². The van der Waals surface area contributed by atoms with Gasteiger partial charge in [0, 0.05) is 18.6 Å². The van der Waals surface area contributed by atoms with Gasteiger partial charge in [-0.15, -0.1) is 5.10 Å². The van der Waals surface area contributed by atoms with E-state index in [4.69, 9.17) is 0 Å². The van der Waals surface area contributed by atoms with Crippen molar-refractivity contribution in [3.63, 3.8) is 0 Å². The molecule has 6 nitrogen and oxygen atoms in total. The minimum absolute atomic E-state index is 0.00882. The molecule has 0 radical (unpaired) electrons.